The first-order valence-corrected chi connectivity index (χ1v) is 8.86. The van der Waals surface area contributed by atoms with Gasteiger partial charge in [-0.25, -0.2) is 4.79 Å². The summed E-state index contributed by atoms with van der Waals surface area (Å²) in [5.74, 6) is -1.64. The predicted molar refractivity (Wildman–Crippen MR) is 109 cm³/mol. The first-order valence-electron chi connectivity index (χ1n) is 8.86. The van der Waals surface area contributed by atoms with Crippen molar-refractivity contribution in [3.8, 4) is 11.5 Å². The van der Waals surface area contributed by atoms with E-state index < -0.39 is 22.9 Å². The maximum atomic E-state index is 12.5. The number of amides is 1. The molecule has 30 heavy (non-hydrogen) atoms. The lowest BCUT2D eigenvalue weighted by molar-refractivity contribution is -0.384. The van der Waals surface area contributed by atoms with Gasteiger partial charge in [-0.2, -0.15) is 0 Å². The Labute approximate surface area is 171 Å². The number of anilines is 1. The van der Waals surface area contributed by atoms with E-state index in [2.05, 4.69) is 5.32 Å². The summed E-state index contributed by atoms with van der Waals surface area (Å²) in [5, 5.41) is 25.0. The number of phenolic OH excluding ortho intramolecular Hbond substituents is 1. The molecular weight excluding hydrogens is 392 g/mol. The van der Waals surface area contributed by atoms with Crippen LogP contribution in [0.5, 0.6) is 11.5 Å². The van der Waals surface area contributed by atoms with E-state index >= 15 is 0 Å². The summed E-state index contributed by atoms with van der Waals surface area (Å²) in [4.78, 5) is 35.3. The number of non-ortho nitro benzene ring substituents is 1. The highest BCUT2D eigenvalue weighted by atomic mass is 16.6. The number of benzene rings is 3. The molecule has 154 valence electrons. The maximum Gasteiger partial charge on any atom is 0.342 e. The van der Waals surface area contributed by atoms with Crippen molar-refractivity contribution < 1.29 is 29.1 Å². The Bertz CT molecular complexity index is 1140. The van der Waals surface area contributed by atoms with Gasteiger partial charge in [0.05, 0.1) is 17.7 Å². The smallest absolute Gasteiger partial charge is 0.342 e. The fourth-order valence-corrected chi connectivity index (χ4v) is 2.84. The van der Waals surface area contributed by atoms with Crippen LogP contribution >= 0.6 is 0 Å². The van der Waals surface area contributed by atoms with E-state index in [1.807, 2.05) is 0 Å². The van der Waals surface area contributed by atoms with Gasteiger partial charge in [-0.1, -0.05) is 30.3 Å². The highest BCUT2D eigenvalue weighted by Crippen LogP contribution is 2.30. The van der Waals surface area contributed by atoms with Crippen molar-refractivity contribution in [3.05, 3.63) is 70.3 Å². The fraction of sp³-hybridized carbons (Fsp3) is 0.143. The Balaban J connectivity index is 1.76. The summed E-state index contributed by atoms with van der Waals surface area (Å²) < 4.78 is 10.3. The lowest BCUT2D eigenvalue weighted by Gasteiger charge is -2.16. The molecule has 1 atom stereocenters. The molecule has 0 aliphatic heterocycles. The molecule has 1 amide bonds. The first-order chi connectivity index (χ1) is 14.3. The summed E-state index contributed by atoms with van der Waals surface area (Å²) in [6.45, 7) is 1.34. The fourth-order valence-electron chi connectivity index (χ4n) is 2.84. The molecule has 0 aromatic heterocycles. The minimum absolute atomic E-state index is 0.0631. The second-order valence-corrected chi connectivity index (χ2v) is 6.36. The molecule has 0 aliphatic rings. The Kier molecular flexibility index (Phi) is 5.82. The number of rotatable bonds is 6. The molecule has 0 spiro atoms. The van der Waals surface area contributed by atoms with Gasteiger partial charge < -0.3 is 19.9 Å². The van der Waals surface area contributed by atoms with Crippen LogP contribution in [0.15, 0.2) is 54.6 Å². The lowest BCUT2D eigenvalue weighted by atomic mass is 10.1. The van der Waals surface area contributed by atoms with Crippen molar-refractivity contribution in [2.24, 2.45) is 0 Å². The zero-order chi connectivity index (χ0) is 21.8. The summed E-state index contributed by atoms with van der Waals surface area (Å²) in [7, 11) is 1.35. The molecule has 3 rings (SSSR count). The molecule has 0 aliphatic carbocycles. The van der Waals surface area contributed by atoms with Gasteiger partial charge in [0.15, 0.2) is 6.10 Å². The molecule has 3 aromatic rings. The molecule has 0 radical (unpaired) electrons. The zero-order valence-corrected chi connectivity index (χ0v) is 16.1. The third-order valence-corrected chi connectivity index (χ3v) is 4.43. The van der Waals surface area contributed by atoms with E-state index in [1.54, 1.807) is 30.3 Å². The molecule has 0 heterocycles. The summed E-state index contributed by atoms with van der Waals surface area (Å²) in [5.41, 5.74) is -0.258. The lowest BCUT2D eigenvalue weighted by Crippen LogP contribution is -2.30. The highest BCUT2D eigenvalue weighted by Gasteiger charge is 2.23. The number of nitro groups is 1. The van der Waals surface area contributed by atoms with Crippen LogP contribution in [-0.4, -0.2) is 35.1 Å². The van der Waals surface area contributed by atoms with Crippen molar-refractivity contribution in [3.63, 3.8) is 0 Å². The minimum atomic E-state index is -1.24. The van der Waals surface area contributed by atoms with Crippen LogP contribution < -0.4 is 10.1 Å². The van der Waals surface area contributed by atoms with E-state index in [9.17, 15) is 24.8 Å². The van der Waals surface area contributed by atoms with Crippen molar-refractivity contribution in [2.45, 2.75) is 13.0 Å². The zero-order valence-electron chi connectivity index (χ0n) is 16.1. The highest BCUT2D eigenvalue weighted by molar-refractivity contribution is 6.03. The van der Waals surface area contributed by atoms with Crippen LogP contribution in [-0.2, 0) is 9.53 Å². The molecule has 0 saturated carbocycles. The number of nitrogens with zero attached hydrogens (tertiary/aromatic N) is 1. The number of hydrogen-bond acceptors (Lipinski definition) is 7. The molecule has 3 aromatic carbocycles. The molecule has 9 heteroatoms. The number of carbonyl (C=O) groups excluding carboxylic acids is 2. The molecule has 2 N–H and O–H groups in total. The molecule has 0 fully saturated rings. The van der Waals surface area contributed by atoms with Crippen molar-refractivity contribution >= 4 is 34.0 Å². The largest absolute Gasteiger partial charge is 0.506 e. The van der Waals surface area contributed by atoms with Gasteiger partial charge in [0, 0.05) is 17.5 Å². The van der Waals surface area contributed by atoms with Crippen LogP contribution in [0.2, 0.25) is 0 Å². The number of ether oxygens (including phenoxy) is 2. The number of carbonyl (C=O) groups is 2. The van der Waals surface area contributed by atoms with E-state index in [0.717, 1.165) is 11.5 Å². The molecule has 0 saturated heterocycles. The summed E-state index contributed by atoms with van der Waals surface area (Å²) in [6.07, 6.45) is -1.24. The molecule has 9 nitrogen and oxygen atoms in total. The second kappa shape index (κ2) is 8.48. The van der Waals surface area contributed by atoms with Gasteiger partial charge in [-0.05, 0) is 24.4 Å². The van der Waals surface area contributed by atoms with Crippen LogP contribution in [0, 0.1) is 10.1 Å². The predicted octanol–water partition coefficient (Wildman–Crippen LogP) is 3.65. The molecular formula is C21H18N2O7. The van der Waals surface area contributed by atoms with Gasteiger partial charge in [-0.3, -0.25) is 14.9 Å². The minimum Gasteiger partial charge on any atom is -0.506 e. The SMILES string of the molecule is COc1ccc([N+](=O)[O-])cc1NC(=O)[C@H](C)OC(=O)c1ccc2ccccc2c1O. The van der Waals surface area contributed by atoms with Crippen molar-refractivity contribution in [2.75, 3.05) is 12.4 Å². The number of nitrogens with one attached hydrogen (secondary N) is 1. The third kappa shape index (κ3) is 4.14. The second-order valence-electron chi connectivity index (χ2n) is 6.36. The summed E-state index contributed by atoms with van der Waals surface area (Å²) >= 11 is 0. The van der Waals surface area contributed by atoms with Crippen LogP contribution in [0.25, 0.3) is 10.8 Å². The van der Waals surface area contributed by atoms with E-state index in [4.69, 9.17) is 9.47 Å². The molecule has 0 unspecified atom stereocenters. The number of aromatic hydroxyl groups is 1. The third-order valence-electron chi connectivity index (χ3n) is 4.43. The van der Waals surface area contributed by atoms with E-state index in [0.29, 0.717) is 5.39 Å². The number of esters is 1. The summed E-state index contributed by atoms with van der Waals surface area (Å²) in [6, 6.07) is 13.8. The number of fused-ring (bicyclic) bond motifs is 1. The van der Waals surface area contributed by atoms with Crippen molar-refractivity contribution in [1.29, 1.82) is 0 Å². The number of nitro benzene ring substituents is 1. The Morgan fingerprint density at radius 1 is 1.13 bits per heavy atom. The standard InChI is InChI=1S/C21H18N2O7/c1-12(20(25)22-17-11-14(23(27)28)8-10-18(17)29-2)30-21(26)16-9-7-13-5-3-4-6-15(13)19(16)24/h3-12,24H,1-2H3,(H,22,25)/t12-/m0/s1. The van der Waals surface area contributed by atoms with E-state index in [-0.39, 0.29) is 28.4 Å². The monoisotopic (exact) mass is 410 g/mol. The van der Waals surface area contributed by atoms with Crippen LogP contribution in [0.3, 0.4) is 0 Å². The Morgan fingerprint density at radius 3 is 2.57 bits per heavy atom. The van der Waals surface area contributed by atoms with Gasteiger partial charge in [-0.15, -0.1) is 0 Å². The Hall–Kier alpha value is -4.14. The number of phenols is 1. The maximum absolute atomic E-state index is 12.5. The van der Waals surface area contributed by atoms with E-state index in [1.165, 1.54) is 32.2 Å². The topological polar surface area (TPSA) is 128 Å². The van der Waals surface area contributed by atoms with Gasteiger partial charge in [0.2, 0.25) is 0 Å². The quantitative estimate of drug-likeness (QED) is 0.361. The number of methoxy groups -OCH3 is 1. The average molecular weight is 410 g/mol. The van der Waals surface area contributed by atoms with Crippen molar-refractivity contribution in [1.82, 2.24) is 0 Å². The van der Waals surface area contributed by atoms with Gasteiger partial charge in [0.25, 0.3) is 11.6 Å². The molecule has 0 bridgehead atoms. The van der Waals surface area contributed by atoms with Crippen LogP contribution in [0.1, 0.15) is 17.3 Å². The Morgan fingerprint density at radius 2 is 1.87 bits per heavy atom. The average Bonchev–Trinajstić information content (AvgIpc) is 2.73. The van der Waals surface area contributed by atoms with Gasteiger partial charge in [0.1, 0.15) is 17.1 Å². The van der Waals surface area contributed by atoms with Gasteiger partial charge >= 0.3 is 5.97 Å². The number of hydrogen-bond donors (Lipinski definition) is 2. The normalized spacial score (nSPS) is 11.5. The van der Waals surface area contributed by atoms with Crippen LogP contribution in [0.4, 0.5) is 11.4 Å². The first kappa shape index (κ1) is 20.6.